The molecule has 0 aromatic rings. The maximum absolute atomic E-state index is 10.1. The van der Waals surface area contributed by atoms with Gasteiger partial charge in [0.25, 0.3) is 0 Å². The lowest BCUT2D eigenvalue weighted by Gasteiger charge is -2.08. The number of aliphatic imine (C=N–C) groups is 1. The standard InChI is InChI=1S/C5H9NO2/c1-3-4-8-5(7)6-2/h3H,1,4H2,2H3,(H,6,7)/p-1. The van der Waals surface area contributed by atoms with Crippen LogP contribution in [0.2, 0.25) is 0 Å². The Morgan fingerprint density at radius 3 is 3.00 bits per heavy atom. The molecule has 0 bridgehead atoms. The van der Waals surface area contributed by atoms with Crippen molar-refractivity contribution in [1.82, 2.24) is 0 Å². The molecule has 46 valence electrons. The second kappa shape index (κ2) is 4.18. The predicted octanol–water partition coefficient (Wildman–Crippen LogP) is -0.465. The Morgan fingerprint density at radius 2 is 2.62 bits per heavy atom. The number of hydrogen-bond donors (Lipinski definition) is 0. The van der Waals surface area contributed by atoms with Crippen molar-refractivity contribution < 1.29 is 9.84 Å². The van der Waals surface area contributed by atoms with E-state index in [0.717, 1.165) is 0 Å². The average molecular weight is 114 g/mol. The van der Waals surface area contributed by atoms with E-state index >= 15 is 0 Å². The lowest BCUT2D eigenvalue weighted by atomic mass is 10.7. The molecule has 0 aromatic heterocycles. The SMILES string of the molecule is C=CCOC([O-])=NC. The van der Waals surface area contributed by atoms with Gasteiger partial charge in [-0.3, -0.25) is 4.99 Å². The van der Waals surface area contributed by atoms with Crippen molar-refractivity contribution in [3.05, 3.63) is 12.7 Å². The van der Waals surface area contributed by atoms with E-state index < -0.39 is 6.08 Å². The zero-order valence-electron chi connectivity index (χ0n) is 4.76. The van der Waals surface area contributed by atoms with Crippen molar-refractivity contribution in [3.8, 4) is 0 Å². The summed E-state index contributed by atoms with van der Waals surface area (Å²) in [6, 6.07) is 0. The third-order valence-corrected chi connectivity index (χ3v) is 0.507. The van der Waals surface area contributed by atoms with E-state index in [9.17, 15) is 5.11 Å². The fraction of sp³-hybridized carbons (Fsp3) is 0.400. The van der Waals surface area contributed by atoms with Crippen LogP contribution in [0.1, 0.15) is 0 Å². The molecule has 0 fully saturated rings. The highest BCUT2D eigenvalue weighted by atomic mass is 16.6. The number of nitrogens with zero attached hydrogens (tertiary/aromatic N) is 1. The molecule has 0 aliphatic rings. The minimum absolute atomic E-state index is 0.232. The monoisotopic (exact) mass is 114 g/mol. The smallest absolute Gasteiger partial charge is 0.145 e. The summed E-state index contributed by atoms with van der Waals surface area (Å²) in [5.41, 5.74) is 0. The number of rotatable bonds is 2. The Hall–Kier alpha value is -0.990. The molecule has 0 atom stereocenters. The molecule has 0 amide bonds. The van der Waals surface area contributed by atoms with Crippen molar-refractivity contribution in [1.29, 1.82) is 0 Å². The number of hydrogen-bond acceptors (Lipinski definition) is 3. The minimum atomic E-state index is -0.551. The van der Waals surface area contributed by atoms with Crippen LogP contribution in [0.5, 0.6) is 0 Å². The van der Waals surface area contributed by atoms with Gasteiger partial charge < -0.3 is 9.84 Å². The summed E-state index contributed by atoms with van der Waals surface area (Å²) in [5.74, 6) is 0. The topological polar surface area (TPSA) is 44.6 Å². The molecule has 0 N–H and O–H groups in total. The van der Waals surface area contributed by atoms with Crippen LogP contribution in [0.25, 0.3) is 0 Å². The normalized spacial score (nSPS) is 10.9. The van der Waals surface area contributed by atoms with Crippen LogP contribution in [-0.4, -0.2) is 19.7 Å². The van der Waals surface area contributed by atoms with E-state index in [0.29, 0.717) is 0 Å². The molecule has 0 heterocycles. The van der Waals surface area contributed by atoms with Gasteiger partial charge in [0, 0.05) is 13.7 Å². The molecule has 0 unspecified atom stereocenters. The van der Waals surface area contributed by atoms with E-state index in [1.54, 1.807) is 0 Å². The highest BCUT2D eigenvalue weighted by Gasteiger charge is 1.71. The van der Waals surface area contributed by atoms with Crippen molar-refractivity contribution in [3.63, 3.8) is 0 Å². The molecular formula is C5H8NO2-. The second-order valence-corrected chi connectivity index (χ2v) is 1.09. The Bertz CT molecular complexity index is 98.6. The first-order valence-corrected chi connectivity index (χ1v) is 2.18. The average Bonchev–Trinajstić information content (AvgIpc) is 1.83. The zero-order valence-corrected chi connectivity index (χ0v) is 4.76. The molecule has 3 nitrogen and oxygen atoms in total. The lowest BCUT2D eigenvalue weighted by molar-refractivity contribution is -0.249. The van der Waals surface area contributed by atoms with Gasteiger partial charge in [0.05, 0.1) is 0 Å². The van der Waals surface area contributed by atoms with Gasteiger partial charge in [0.2, 0.25) is 0 Å². The highest BCUT2D eigenvalue weighted by molar-refractivity contribution is 5.61. The fourth-order valence-corrected chi connectivity index (χ4v) is 0.195. The lowest BCUT2D eigenvalue weighted by Crippen LogP contribution is -2.20. The van der Waals surface area contributed by atoms with Gasteiger partial charge in [-0.2, -0.15) is 0 Å². The van der Waals surface area contributed by atoms with E-state index in [1.807, 2.05) is 0 Å². The molecule has 0 saturated carbocycles. The number of ether oxygens (including phenoxy) is 1. The Morgan fingerprint density at radius 1 is 2.00 bits per heavy atom. The summed E-state index contributed by atoms with van der Waals surface area (Å²) in [6.07, 6.45) is 0.938. The summed E-state index contributed by atoms with van der Waals surface area (Å²) in [4.78, 5) is 3.22. The van der Waals surface area contributed by atoms with Gasteiger partial charge in [-0.15, -0.1) is 6.58 Å². The quantitative estimate of drug-likeness (QED) is 0.277. The van der Waals surface area contributed by atoms with Crippen LogP contribution in [-0.2, 0) is 4.74 Å². The van der Waals surface area contributed by atoms with Crippen LogP contribution in [0.15, 0.2) is 17.6 Å². The van der Waals surface area contributed by atoms with Crippen LogP contribution < -0.4 is 5.11 Å². The van der Waals surface area contributed by atoms with Gasteiger partial charge in [-0.25, -0.2) is 0 Å². The summed E-state index contributed by atoms with van der Waals surface area (Å²) in [6.45, 7) is 3.58. The van der Waals surface area contributed by atoms with E-state index in [1.165, 1.54) is 13.1 Å². The fourth-order valence-electron chi connectivity index (χ4n) is 0.195. The van der Waals surface area contributed by atoms with E-state index in [-0.39, 0.29) is 6.61 Å². The molecule has 3 heteroatoms. The van der Waals surface area contributed by atoms with Crippen molar-refractivity contribution in [2.24, 2.45) is 4.99 Å². The highest BCUT2D eigenvalue weighted by Crippen LogP contribution is 1.71. The van der Waals surface area contributed by atoms with E-state index in [2.05, 4.69) is 16.3 Å². The van der Waals surface area contributed by atoms with Gasteiger partial charge in [0.1, 0.15) is 6.08 Å². The Kier molecular flexibility index (Phi) is 3.66. The molecule has 0 rings (SSSR count). The first kappa shape index (κ1) is 7.01. The minimum Gasteiger partial charge on any atom is -0.596 e. The first-order chi connectivity index (χ1) is 3.81. The molecule has 0 aliphatic carbocycles. The Labute approximate surface area is 48.3 Å². The third-order valence-electron chi connectivity index (χ3n) is 0.507. The molecule has 0 radical (unpaired) electrons. The zero-order chi connectivity index (χ0) is 6.41. The summed E-state index contributed by atoms with van der Waals surface area (Å²) in [5, 5.41) is 10.1. The predicted molar refractivity (Wildman–Crippen MR) is 29.5 cm³/mol. The van der Waals surface area contributed by atoms with Gasteiger partial charge in [-0.1, -0.05) is 6.08 Å². The molecular weight excluding hydrogens is 106 g/mol. The van der Waals surface area contributed by atoms with Gasteiger partial charge in [0.15, 0.2) is 0 Å². The van der Waals surface area contributed by atoms with Crippen molar-refractivity contribution in [2.75, 3.05) is 13.7 Å². The summed E-state index contributed by atoms with van der Waals surface area (Å²) >= 11 is 0. The maximum atomic E-state index is 10.1. The molecule has 0 spiro atoms. The van der Waals surface area contributed by atoms with Crippen LogP contribution in [0.4, 0.5) is 0 Å². The van der Waals surface area contributed by atoms with Crippen LogP contribution >= 0.6 is 0 Å². The first-order valence-electron chi connectivity index (χ1n) is 2.18. The van der Waals surface area contributed by atoms with Crippen molar-refractivity contribution in [2.45, 2.75) is 0 Å². The largest absolute Gasteiger partial charge is 0.596 e. The maximum Gasteiger partial charge on any atom is 0.145 e. The third kappa shape index (κ3) is 3.21. The van der Waals surface area contributed by atoms with E-state index in [4.69, 9.17) is 0 Å². The summed E-state index contributed by atoms with van der Waals surface area (Å²) < 4.78 is 4.42. The molecule has 0 aliphatic heterocycles. The second-order valence-electron chi connectivity index (χ2n) is 1.09. The molecule has 0 aromatic carbocycles. The van der Waals surface area contributed by atoms with Crippen LogP contribution in [0.3, 0.4) is 0 Å². The van der Waals surface area contributed by atoms with Gasteiger partial charge >= 0.3 is 0 Å². The van der Waals surface area contributed by atoms with Crippen LogP contribution in [0, 0.1) is 0 Å². The summed E-state index contributed by atoms with van der Waals surface area (Å²) in [7, 11) is 1.38. The molecule has 0 saturated heterocycles. The van der Waals surface area contributed by atoms with Gasteiger partial charge in [-0.05, 0) is 0 Å². The Balaban J connectivity index is 3.24. The van der Waals surface area contributed by atoms with Crippen molar-refractivity contribution >= 4 is 6.08 Å². The molecule has 8 heavy (non-hydrogen) atoms.